The summed E-state index contributed by atoms with van der Waals surface area (Å²) in [5.41, 5.74) is 7.66. The van der Waals surface area contributed by atoms with Crippen LogP contribution in [0, 0.1) is 0 Å². The van der Waals surface area contributed by atoms with Gasteiger partial charge in [-0.3, -0.25) is 4.79 Å². The van der Waals surface area contributed by atoms with Crippen molar-refractivity contribution in [1.29, 1.82) is 0 Å². The predicted molar refractivity (Wildman–Crippen MR) is 136 cm³/mol. The van der Waals surface area contributed by atoms with Crippen LogP contribution in [0.15, 0.2) is 76.2 Å². The molecule has 6 nitrogen and oxygen atoms in total. The van der Waals surface area contributed by atoms with E-state index in [1.54, 1.807) is 0 Å². The van der Waals surface area contributed by atoms with Crippen LogP contribution in [0.4, 0.5) is 17.1 Å². The Hall–Kier alpha value is -2.87. The number of carbonyl (C=O) groups is 1. The second-order valence-corrected chi connectivity index (χ2v) is 9.81. The van der Waals surface area contributed by atoms with Crippen molar-refractivity contribution in [2.24, 2.45) is 4.99 Å². The number of likely N-dealkylation sites (N-methyl/N-ethyl adjacent to an activating group) is 1. The summed E-state index contributed by atoms with van der Waals surface area (Å²) in [4.78, 5) is 20.2. The van der Waals surface area contributed by atoms with Crippen LogP contribution in [0.3, 0.4) is 0 Å². The molecule has 2 aliphatic rings. The highest BCUT2D eigenvalue weighted by Crippen LogP contribution is 2.36. The molecule has 0 radical (unpaired) electrons. The van der Waals surface area contributed by atoms with E-state index < -0.39 is 0 Å². The molecule has 1 amide bonds. The summed E-state index contributed by atoms with van der Waals surface area (Å²) in [5.74, 6) is 0.839. The normalized spacial score (nSPS) is 16.6. The molecule has 0 aromatic heterocycles. The predicted octanol–water partition coefficient (Wildman–Crippen LogP) is 5.35. The number of quaternary nitrogens is 1. The van der Waals surface area contributed by atoms with E-state index in [0.29, 0.717) is 15.2 Å². The number of benzene rings is 3. The first kappa shape index (κ1) is 21.9. The third-order valence-corrected chi connectivity index (χ3v) is 7.07. The van der Waals surface area contributed by atoms with Crippen molar-refractivity contribution >= 4 is 56.3 Å². The van der Waals surface area contributed by atoms with E-state index >= 15 is 0 Å². The topological polar surface area (TPSA) is 56.7 Å². The molecule has 1 saturated heterocycles. The largest absolute Gasteiger partial charge is 0.353 e. The molecular formula is C25H24BrClN5O+. The van der Waals surface area contributed by atoms with Gasteiger partial charge in [0, 0.05) is 20.7 Å². The Morgan fingerprint density at radius 3 is 2.58 bits per heavy atom. The van der Waals surface area contributed by atoms with E-state index in [1.165, 1.54) is 0 Å². The Balaban J connectivity index is 1.39. The number of nitrogens with one attached hydrogen (secondary N) is 2. The average Bonchev–Trinajstić information content (AvgIpc) is 2.96. The fourth-order valence-electron chi connectivity index (χ4n) is 4.23. The van der Waals surface area contributed by atoms with Crippen LogP contribution in [0.5, 0.6) is 0 Å². The summed E-state index contributed by atoms with van der Waals surface area (Å²) in [6.45, 7) is 3.03. The van der Waals surface area contributed by atoms with Crippen molar-refractivity contribution in [2.45, 2.75) is 0 Å². The number of hydrogen-bond acceptors (Lipinski definition) is 4. The van der Waals surface area contributed by atoms with Gasteiger partial charge in [0.2, 0.25) is 0 Å². The first-order valence-corrected chi connectivity index (χ1v) is 12.0. The minimum Gasteiger partial charge on any atom is -0.353 e. The zero-order chi connectivity index (χ0) is 23.0. The second kappa shape index (κ2) is 8.82. The summed E-state index contributed by atoms with van der Waals surface area (Å²) < 4.78 is 1.26. The fraction of sp³-hybridized carbons (Fsp3) is 0.200. The van der Waals surface area contributed by atoms with Crippen molar-refractivity contribution in [3.8, 4) is 0 Å². The third-order valence-electron chi connectivity index (χ3n) is 6.14. The summed E-state index contributed by atoms with van der Waals surface area (Å²) in [7, 11) is 2.06. The van der Waals surface area contributed by atoms with Crippen LogP contribution in [-0.2, 0) is 0 Å². The number of anilines is 2. The maximum Gasteiger partial charge on any atom is 0.297 e. The van der Waals surface area contributed by atoms with Gasteiger partial charge in [0.05, 0.1) is 37.1 Å². The van der Waals surface area contributed by atoms with E-state index in [0.717, 1.165) is 59.1 Å². The number of para-hydroxylation sites is 1. The summed E-state index contributed by atoms with van der Waals surface area (Å²) >= 11 is 9.74. The van der Waals surface area contributed by atoms with E-state index in [4.69, 9.17) is 16.6 Å². The van der Waals surface area contributed by atoms with Crippen molar-refractivity contribution in [3.63, 3.8) is 0 Å². The highest BCUT2D eigenvalue weighted by molar-refractivity contribution is 9.10. The number of piperazine rings is 1. The zero-order valence-electron chi connectivity index (χ0n) is 18.2. The van der Waals surface area contributed by atoms with Crippen LogP contribution in [0.2, 0.25) is 5.02 Å². The van der Waals surface area contributed by atoms with Crippen LogP contribution in [0.1, 0.15) is 15.9 Å². The lowest BCUT2D eigenvalue weighted by Gasteiger charge is -2.42. The molecule has 0 bridgehead atoms. The molecular weight excluding hydrogens is 502 g/mol. The number of carbonyl (C=O) groups excluding carboxylic acids is 1. The van der Waals surface area contributed by atoms with Crippen molar-refractivity contribution in [2.75, 3.05) is 38.5 Å². The van der Waals surface area contributed by atoms with Crippen molar-refractivity contribution in [1.82, 2.24) is 10.3 Å². The number of halogens is 2. The first-order valence-electron chi connectivity index (χ1n) is 10.8. The number of rotatable bonds is 2. The van der Waals surface area contributed by atoms with E-state index in [2.05, 4.69) is 50.8 Å². The number of aliphatic imine (C=N–C) groups is 1. The van der Waals surface area contributed by atoms with Gasteiger partial charge in [-0.05, 0) is 58.4 Å². The minimum absolute atomic E-state index is 0.0802. The smallest absolute Gasteiger partial charge is 0.297 e. The van der Waals surface area contributed by atoms with Gasteiger partial charge in [0.15, 0.2) is 0 Å². The lowest BCUT2D eigenvalue weighted by molar-refractivity contribution is -0.946. The summed E-state index contributed by atoms with van der Waals surface area (Å²) in [6, 6.07) is 21.4. The molecule has 168 valence electrons. The van der Waals surface area contributed by atoms with Gasteiger partial charge in [0.25, 0.3) is 5.91 Å². The Labute approximate surface area is 206 Å². The van der Waals surface area contributed by atoms with E-state index in [1.807, 2.05) is 54.6 Å². The summed E-state index contributed by atoms with van der Waals surface area (Å²) in [5, 5.41) is 4.15. The molecule has 0 saturated carbocycles. The Morgan fingerprint density at radius 2 is 1.79 bits per heavy atom. The molecule has 5 rings (SSSR count). The molecule has 1 fully saturated rings. The number of hydrogen-bond donors (Lipinski definition) is 2. The van der Waals surface area contributed by atoms with Crippen LogP contribution >= 0.6 is 27.5 Å². The zero-order valence-corrected chi connectivity index (χ0v) is 20.5. The molecule has 2 heterocycles. The van der Waals surface area contributed by atoms with Gasteiger partial charge < -0.3 is 10.2 Å². The Kier molecular flexibility index (Phi) is 5.86. The molecule has 3 aromatic rings. The Bertz CT molecular complexity index is 1250. The van der Waals surface area contributed by atoms with Gasteiger partial charge in [0.1, 0.15) is 18.9 Å². The standard InChI is InChI=1S/C25H23BrClN5O/c1-32(30-25(33)18-6-2-4-8-20(18)26)14-12-31(13-15-32)24-19-7-3-5-9-21(19)28-22-11-10-17(27)16-23(22)29-24/h2-11,16H,12-15H2,1H3,(H-,28,29,30,33)/p+1. The lowest BCUT2D eigenvalue weighted by atomic mass is 10.1. The van der Waals surface area contributed by atoms with Gasteiger partial charge in [-0.1, -0.05) is 35.9 Å². The maximum absolute atomic E-state index is 12.9. The molecule has 0 unspecified atom stereocenters. The SMILES string of the molecule is C[N+]1(NC(=O)c2ccccc2Br)CCN(C2=Nc3cc(Cl)ccc3Nc3ccccc32)CC1. The molecule has 2 N–H and O–H groups in total. The van der Waals surface area contributed by atoms with Crippen LogP contribution < -0.4 is 10.7 Å². The van der Waals surface area contributed by atoms with Gasteiger partial charge in [-0.15, -0.1) is 0 Å². The quantitative estimate of drug-likeness (QED) is 0.444. The molecule has 8 heteroatoms. The monoisotopic (exact) mass is 524 g/mol. The second-order valence-electron chi connectivity index (χ2n) is 8.52. The third kappa shape index (κ3) is 4.49. The molecule has 0 atom stereocenters. The number of amidine groups is 1. The van der Waals surface area contributed by atoms with E-state index in [9.17, 15) is 4.79 Å². The molecule has 0 spiro atoms. The highest BCUT2D eigenvalue weighted by atomic mass is 79.9. The molecule has 3 aromatic carbocycles. The van der Waals surface area contributed by atoms with Crippen LogP contribution in [0.25, 0.3) is 0 Å². The number of fused-ring (bicyclic) bond motifs is 2. The van der Waals surface area contributed by atoms with E-state index in [-0.39, 0.29) is 5.91 Å². The van der Waals surface area contributed by atoms with Gasteiger partial charge in [-0.25, -0.2) is 9.58 Å². The fourth-order valence-corrected chi connectivity index (χ4v) is 4.86. The van der Waals surface area contributed by atoms with Crippen molar-refractivity contribution < 1.29 is 9.39 Å². The first-order chi connectivity index (χ1) is 15.9. The maximum atomic E-state index is 12.9. The van der Waals surface area contributed by atoms with Gasteiger partial charge in [-0.2, -0.15) is 5.43 Å². The molecule has 2 aliphatic heterocycles. The van der Waals surface area contributed by atoms with Crippen molar-refractivity contribution in [3.05, 3.63) is 87.4 Å². The van der Waals surface area contributed by atoms with Crippen LogP contribution in [-0.4, -0.2) is 54.5 Å². The Morgan fingerprint density at radius 1 is 1.06 bits per heavy atom. The molecule has 33 heavy (non-hydrogen) atoms. The summed E-state index contributed by atoms with van der Waals surface area (Å²) in [6.07, 6.45) is 0. The van der Waals surface area contributed by atoms with Gasteiger partial charge >= 0.3 is 0 Å². The minimum atomic E-state index is -0.0802. The average molecular weight is 526 g/mol. The highest BCUT2D eigenvalue weighted by Gasteiger charge is 2.34. The number of nitrogens with zero attached hydrogens (tertiary/aromatic N) is 3. The molecule has 0 aliphatic carbocycles. The number of amides is 1. The lowest BCUT2D eigenvalue weighted by Crippen LogP contribution is -2.65.